The number of nitrogens with zero attached hydrogens (tertiary/aromatic N) is 2. The SMILES string of the molecule is CC1(C)CC(O)C2CN(c3ccc(Cl)cc3)C(c3ccc(Br)cc3)N(c3cccc(Cl)c3)C2C1. The summed E-state index contributed by atoms with van der Waals surface area (Å²) in [5, 5.41) is 12.8. The van der Waals surface area contributed by atoms with Crippen LogP contribution in [0.2, 0.25) is 10.0 Å². The lowest BCUT2D eigenvalue weighted by atomic mass is 9.66. The summed E-state index contributed by atoms with van der Waals surface area (Å²) in [6.07, 6.45) is 1.36. The fraction of sp³-hybridized carbons (Fsp3) is 0.357. The lowest BCUT2D eigenvalue weighted by Crippen LogP contribution is -2.64. The molecule has 1 heterocycles. The summed E-state index contributed by atoms with van der Waals surface area (Å²) in [4.78, 5) is 4.89. The highest BCUT2D eigenvalue weighted by molar-refractivity contribution is 9.10. The minimum Gasteiger partial charge on any atom is -0.393 e. The van der Waals surface area contributed by atoms with Gasteiger partial charge in [-0.25, -0.2) is 0 Å². The molecular weight excluding hydrogens is 531 g/mol. The van der Waals surface area contributed by atoms with E-state index in [4.69, 9.17) is 23.2 Å². The molecule has 3 aromatic rings. The molecule has 1 saturated heterocycles. The van der Waals surface area contributed by atoms with E-state index in [1.54, 1.807) is 0 Å². The standard InChI is InChI=1S/C28H29BrCl2N2O/c1-28(2)15-25-24(26(34)16-28)17-32(22-12-10-20(30)11-13-22)27(18-6-8-19(29)9-7-18)33(25)23-5-3-4-21(31)14-23/h3-14,24-27,34H,15-17H2,1-2H3. The fourth-order valence-electron chi connectivity index (χ4n) is 5.81. The molecule has 0 spiro atoms. The third-order valence-electron chi connectivity index (χ3n) is 7.27. The van der Waals surface area contributed by atoms with Gasteiger partial charge in [-0.3, -0.25) is 0 Å². The van der Waals surface area contributed by atoms with Gasteiger partial charge in [0, 0.05) is 44.4 Å². The first-order valence-electron chi connectivity index (χ1n) is 11.7. The Balaban J connectivity index is 1.71. The second-order valence-electron chi connectivity index (χ2n) is 10.3. The molecule has 0 amide bonds. The molecule has 1 aliphatic carbocycles. The monoisotopic (exact) mass is 558 g/mol. The van der Waals surface area contributed by atoms with E-state index in [-0.39, 0.29) is 29.6 Å². The molecule has 0 radical (unpaired) electrons. The Bertz CT molecular complexity index is 1150. The smallest absolute Gasteiger partial charge is 0.128 e. The summed E-state index contributed by atoms with van der Waals surface area (Å²) in [5.74, 6) is 0.106. The van der Waals surface area contributed by atoms with Crippen LogP contribution in [0.4, 0.5) is 11.4 Å². The van der Waals surface area contributed by atoms with Crippen molar-refractivity contribution in [3.8, 4) is 0 Å². The zero-order valence-electron chi connectivity index (χ0n) is 19.3. The summed E-state index contributed by atoms with van der Waals surface area (Å²) < 4.78 is 1.05. The summed E-state index contributed by atoms with van der Waals surface area (Å²) >= 11 is 16.3. The number of anilines is 2. The number of rotatable bonds is 3. The van der Waals surface area contributed by atoms with Gasteiger partial charge >= 0.3 is 0 Å². The van der Waals surface area contributed by atoms with Crippen LogP contribution in [0.3, 0.4) is 0 Å². The van der Waals surface area contributed by atoms with Gasteiger partial charge < -0.3 is 14.9 Å². The Labute approximate surface area is 220 Å². The molecule has 2 aliphatic rings. The molecule has 6 heteroatoms. The second-order valence-corrected chi connectivity index (χ2v) is 12.1. The Kier molecular flexibility index (Phi) is 6.62. The maximum atomic E-state index is 11.4. The maximum Gasteiger partial charge on any atom is 0.128 e. The first-order chi connectivity index (χ1) is 16.2. The average molecular weight is 560 g/mol. The number of benzene rings is 3. The first kappa shape index (κ1) is 24.0. The molecule has 0 bridgehead atoms. The molecule has 1 N–H and O–H groups in total. The van der Waals surface area contributed by atoms with E-state index >= 15 is 0 Å². The molecule has 2 fully saturated rings. The predicted molar refractivity (Wildman–Crippen MR) is 146 cm³/mol. The zero-order valence-corrected chi connectivity index (χ0v) is 22.4. The lowest BCUT2D eigenvalue weighted by molar-refractivity contribution is -0.00719. The average Bonchev–Trinajstić information content (AvgIpc) is 2.78. The van der Waals surface area contributed by atoms with Crippen molar-refractivity contribution in [2.45, 2.75) is 45.0 Å². The molecule has 4 unspecified atom stereocenters. The van der Waals surface area contributed by atoms with E-state index < -0.39 is 0 Å². The van der Waals surface area contributed by atoms with Gasteiger partial charge in [-0.2, -0.15) is 0 Å². The van der Waals surface area contributed by atoms with Crippen molar-refractivity contribution in [1.29, 1.82) is 0 Å². The van der Waals surface area contributed by atoms with Crippen LogP contribution in [0.5, 0.6) is 0 Å². The second kappa shape index (κ2) is 9.39. The number of hydrogen-bond donors (Lipinski definition) is 1. The summed E-state index contributed by atoms with van der Waals surface area (Å²) in [7, 11) is 0. The van der Waals surface area contributed by atoms with Crippen molar-refractivity contribution in [2.75, 3.05) is 16.3 Å². The summed E-state index contributed by atoms with van der Waals surface area (Å²) in [6.45, 7) is 5.30. The van der Waals surface area contributed by atoms with Gasteiger partial charge in [-0.05, 0) is 78.4 Å². The highest BCUT2D eigenvalue weighted by atomic mass is 79.9. The van der Waals surface area contributed by atoms with Crippen LogP contribution in [0.15, 0.2) is 77.3 Å². The van der Waals surface area contributed by atoms with Crippen LogP contribution in [0.1, 0.15) is 38.4 Å². The molecule has 3 aromatic carbocycles. The minimum absolute atomic E-state index is 0.0458. The van der Waals surface area contributed by atoms with Crippen molar-refractivity contribution in [2.24, 2.45) is 11.3 Å². The van der Waals surface area contributed by atoms with Crippen LogP contribution in [0.25, 0.3) is 0 Å². The molecule has 1 aliphatic heterocycles. The Morgan fingerprint density at radius 2 is 1.59 bits per heavy atom. The Morgan fingerprint density at radius 1 is 0.882 bits per heavy atom. The van der Waals surface area contributed by atoms with E-state index in [0.717, 1.165) is 35.2 Å². The van der Waals surface area contributed by atoms with Crippen LogP contribution in [-0.4, -0.2) is 23.8 Å². The number of halogens is 3. The molecule has 4 atom stereocenters. The minimum atomic E-state index is -0.379. The van der Waals surface area contributed by atoms with Gasteiger partial charge in [-0.15, -0.1) is 0 Å². The van der Waals surface area contributed by atoms with Crippen molar-refractivity contribution in [3.63, 3.8) is 0 Å². The van der Waals surface area contributed by atoms with E-state index in [9.17, 15) is 5.11 Å². The number of aliphatic hydroxyl groups is 1. The van der Waals surface area contributed by atoms with Crippen LogP contribution in [0, 0.1) is 11.3 Å². The van der Waals surface area contributed by atoms with Gasteiger partial charge in [0.05, 0.1) is 6.10 Å². The summed E-state index contributed by atoms with van der Waals surface area (Å²) in [6, 6.07) is 24.8. The number of hydrogen-bond acceptors (Lipinski definition) is 3. The van der Waals surface area contributed by atoms with Crippen LogP contribution >= 0.6 is 39.1 Å². The normalized spacial score (nSPS) is 26.3. The van der Waals surface area contributed by atoms with Crippen molar-refractivity contribution < 1.29 is 5.11 Å². The molecule has 178 valence electrons. The van der Waals surface area contributed by atoms with Crippen molar-refractivity contribution in [3.05, 3.63) is 92.9 Å². The van der Waals surface area contributed by atoms with Crippen LogP contribution in [-0.2, 0) is 0 Å². The Morgan fingerprint density at radius 3 is 2.26 bits per heavy atom. The number of aliphatic hydroxyl groups excluding tert-OH is 1. The van der Waals surface area contributed by atoms with Gasteiger partial charge in [0.1, 0.15) is 6.17 Å². The quantitative estimate of drug-likeness (QED) is 0.352. The van der Waals surface area contributed by atoms with E-state index in [1.165, 1.54) is 5.56 Å². The molecular formula is C28H29BrCl2N2O. The highest BCUT2D eigenvalue weighted by Gasteiger charge is 2.50. The zero-order chi connectivity index (χ0) is 24.0. The summed E-state index contributed by atoms with van der Waals surface area (Å²) in [5.41, 5.74) is 3.39. The fourth-order valence-corrected chi connectivity index (χ4v) is 6.38. The number of fused-ring (bicyclic) bond motifs is 1. The Hall–Kier alpha value is -1.72. The largest absolute Gasteiger partial charge is 0.393 e. The molecule has 1 saturated carbocycles. The van der Waals surface area contributed by atoms with Gasteiger partial charge in [-0.1, -0.05) is 71.2 Å². The topological polar surface area (TPSA) is 26.7 Å². The highest BCUT2D eigenvalue weighted by Crippen LogP contribution is 2.50. The van der Waals surface area contributed by atoms with Gasteiger partial charge in [0.25, 0.3) is 0 Å². The van der Waals surface area contributed by atoms with Crippen LogP contribution < -0.4 is 9.80 Å². The predicted octanol–water partition coefficient (Wildman–Crippen LogP) is 7.95. The molecule has 5 rings (SSSR count). The maximum absolute atomic E-state index is 11.4. The van der Waals surface area contributed by atoms with Gasteiger partial charge in [0.15, 0.2) is 0 Å². The molecule has 0 aromatic heterocycles. The van der Waals surface area contributed by atoms with E-state index in [2.05, 4.69) is 82.0 Å². The van der Waals surface area contributed by atoms with E-state index in [0.29, 0.717) is 10.0 Å². The third-order valence-corrected chi connectivity index (χ3v) is 8.28. The molecule has 34 heavy (non-hydrogen) atoms. The lowest BCUT2D eigenvalue weighted by Gasteiger charge is -2.59. The van der Waals surface area contributed by atoms with E-state index in [1.807, 2.05) is 30.3 Å². The van der Waals surface area contributed by atoms with Gasteiger partial charge in [0.2, 0.25) is 0 Å². The van der Waals surface area contributed by atoms with Crippen molar-refractivity contribution in [1.82, 2.24) is 0 Å². The van der Waals surface area contributed by atoms with Crippen molar-refractivity contribution >= 4 is 50.5 Å². The molecule has 3 nitrogen and oxygen atoms in total. The first-order valence-corrected chi connectivity index (χ1v) is 13.3. The third kappa shape index (κ3) is 4.70.